The summed E-state index contributed by atoms with van der Waals surface area (Å²) in [7, 11) is 0. The van der Waals surface area contributed by atoms with Crippen molar-refractivity contribution in [1.82, 2.24) is 5.32 Å². The molecule has 0 bridgehead atoms. The molecular formula is C14H19F2NO2. The summed E-state index contributed by atoms with van der Waals surface area (Å²) in [5.74, 6) is -2.03. The van der Waals surface area contributed by atoms with Crippen LogP contribution in [-0.4, -0.2) is 24.2 Å². The summed E-state index contributed by atoms with van der Waals surface area (Å²) in [6.45, 7) is 2.10. The van der Waals surface area contributed by atoms with Crippen molar-refractivity contribution in [2.75, 3.05) is 13.2 Å². The molecule has 1 amide bonds. The molecule has 0 aliphatic heterocycles. The molecule has 1 aromatic carbocycles. The second kappa shape index (κ2) is 7.84. The van der Waals surface area contributed by atoms with Crippen LogP contribution >= 0.6 is 0 Å². The molecule has 106 valence electrons. The Morgan fingerprint density at radius 2 is 1.84 bits per heavy atom. The maximum absolute atomic E-state index is 13.4. The van der Waals surface area contributed by atoms with E-state index < -0.39 is 17.5 Å². The van der Waals surface area contributed by atoms with Crippen molar-refractivity contribution in [3.63, 3.8) is 0 Å². The number of aliphatic hydroxyl groups is 1. The van der Waals surface area contributed by atoms with Crippen LogP contribution in [0.2, 0.25) is 0 Å². The Hall–Kier alpha value is -1.49. The van der Waals surface area contributed by atoms with E-state index in [1.165, 1.54) is 13.0 Å². The minimum absolute atomic E-state index is 0.130. The number of unbranched alkanes of at least 4 members (excludes halogenated alkanes) is 3. The van der Waals surface area contributed by atoms with Crippen LogP contribution in [-0.2, 0) is 0 Å². The molecule has 3 nitrogen and oxygen atoms in total. The number of halogens is 2. The van der Waals surface area contributed by atoms with E-state index in [2.05, 4.69) is 5.32 Å². The second-order valence-electron chi connectivity index (χ2n) is 4.47. The molecule has 1 rings (SSSR count). The molecule has 0 aliphatic rings. The van der Waals surface area contributed by atoms with Crippen LogP contribution in [0, 0.1) is 18.6 Å². The quantitative estimate of drug-likeness (QED) is 0.749. The Bertz CT molecular complexity index is 436. The van der Waals surface area contributed by atoms with E-state index in [0.29, 0.717) is 6.54 Å². The zero-order valence-electron chi connectivity index (χ0n) is 11.0. The molecule has 2 N–H and O–H groups in total. The SMILES string of the molecule is Cc1cc(C(=O)NCCCCCCO)c(F)cc1F. The summed E-state index contributed by atoms with van der Waals surface area (Å²) in [6, 6.07) is 1.94. The van der Waals surface area contributed by atoms with Gasteiger partial charge in [-0.05, 0) is 31.4 Å². The maximum Gasteiger partial charge on any atom is 0.254 e. The molecule has 0 spiro atoms. The van der Waals surface area contributed by atoms with Crippen molar-refractivity contribution in [2.45, 2.75) is 32.6 Å². The molecule has 5 heteroatoms. The van der Waals surface area contributed by atoms with Gasteiger partial charge >= 0.3 is 0 Å². The van der Waals surface area contributed by atoms with Gasteiger partial charge in [0.2, 0.25) is 0 Å². The predicted molar refractivity (Wildman–Crippen MR) is 69.0 cm³/mol. The summed E-state index contributed by atoms with van der Waals surface area (Å²) in [5, 5.41) is 11.2. The highest BCUT2D eigenvalue weighted by Crippen LogP contribution is 2.14. The average molecular weight is 271 g/mol. The summed E-state index contributed by atoms with van der Waals surface area (Å²) < 4.78 is 26.5. The molecule has 0 saturated heterocycles. The first kappa shape index (κ1) is 15.6. The molecule has 0 saturated carbocycles. The molecular weight excluding hydrogens is 252 g/mol. The van der Waals surface area contributed by atoms with Gasteiger partial charge in [0.1, 0.15) is 11.6 Å². The van der Waals surface area contributed by atoms with Crippen LogP contribution in [0.5, 0.6) is 0 Å². The van der Waals surface area contributed by atoms with Crippen LogP contribution in [0.25, 0.3) is 0 Å². The van der Waals surface area contributed by atoms with Crippen molar-refractivity contribution in [3.8, 4) is 0 Å². The van der Waals surface area contributed by atoms with Gasteiger partial charge in [-0.25, -0.2) is 8.78 Å². The molecule has 0 radical (unpaired) electrons. The Morgan fingerprint density at radius 1 is 1.16 bits per heavy atom. The van der Waals surface area contributed by atoms with Gasteiger partial charge in [0.25, 0.3) is 5.91 Å². The third-order valence-corrected chi connectivity index (χ3v) is 2.86. The number of hydrogen-bond donors (Lipinski definition) is 2. The number of aryl methyl sites for hydroxylation is 1. The fourth-order valence-electron chi connectivity index (χ4n) is 1.72. The van der Waals surface area contributed by atoms with Crippen molar-refractivity contribution < 1.29 is 18.7 Å². The van der Waals surface area contributed by atoms with E-state index >= 15 is 0 Å². The number of carbonyl (C=O) groups excluding carboxylic acids is 1. The molecule has 0 fully saturated rings. The average Bonchev–Trinajstić information content (AvgIpc) is 2.37. The fraction of sp³-hybridized carbons (Fsp3) is 0.500. The van der Waals surface area contributed by atoms with Gasteiger partial charge in [-0.2, -0.15) is 0 Å². The smallest absolute Gasteiger partial charge is 0.254 e. The van der Waals surface area contributed by atoms with Gasteiger partial charge < -0.3 is 10.4 Å². The first-order valence-corrected chi connectivity index (χ1v) is 6.41. The largest absolute Gasteiger partial charge is 0.396 e. The summed E-state index contributed by atoms with van der Waals surface area (Å²) in [4.78, 5) is 11.7. The number of hydrogen-bond acceptors (Lipinski definition) is 2. The van der Waals surface area contributed by atoms with E-state index in [4.69, 9.17) is 5.11 Å². The zero-order chi connectivity index (χ0) is 14.3. The number of rotatable bonds is 7. The summed E-state index contributed by atoms with van der Waals surface area (Å²) >= 11 is 0. The lowest BCUT2D eigenvalue weighted by molar-refractivity contribution is 0.0948. The Balaban J connectivity index is 2.43. The third kappa shape index (κ3) is 4.95. The van der Waals surface area contributed by atoms with Gasteiger partial charge in [0, 0.05) is 19.2 Å². The van der Waals surface area contributed by atoms with Crippen molar-refractivity contribution in [2.24, 2.45) is 0 Å². The monoisotopic (exact) mass is 271 g/mol. The number of carbonyl (C=O) groups is 1. The Labute approximate surface area is 111 Å². The minimum atomic E-state index is -0.846. The maximum atomic E-state index is 13.4. The molecule has 0 atom stereocenters. The van der Waals surface area contributed by atoms with Gasteiger partial charge in [0.15, 0.2) is 0 Å². The van der Waals surface area contributed by atoms with E-state index in [1.807, 2.05) is 0 Å². The van der Waals surface area contributed by atoms with Crippen molar-refractivity contribution >= 4 is 5.91 Å². The van der Waals surface area contributed by atoms with Crippen LogP contribution in [0.4, 0.5) is 8.78 Å². The predicted octanol–water partition coefficient (Wildman–Crippen LogP) is 2.56. The lowest BCUT2D eigenvalue weighted by atomic mass is 10.1. The fourth-order valence-corrected chi connectivity index (χ4v) is 1.72. The van der Waals surface area contributed by atoms with E-state index in [9.17, 15) is 13.6 Å². The zero-order valence-corrected chi connectivity index (χ0v) is 11.0. The topological polar surface area (TPSA) is 49.3 Å². The number of amides is 1. The molecule has 0 aromatic heterocycles. The highest BCUT2D eigenvalue weighted by Gasteiger charge is 2.13. The van der Waals surface area contributed by atoms with E-state index in [-0.39, 0.29) is 17.7 Å². The standard InChI is InChI=1S/C14H19F2NO2/c1-10-8-11(13(16)9-12(10)15)14(19)17-6-4-2-3-5-7-18/h8-9,18H,2-7H2,1H3,(H,17,19). The van der Waals surface area contributed by atoms with Crippen LogP contribution in [0.15, 0.2) is 12.1 Å². The molecule has 0 heterocycles. The van der Waals surface area contributed by atoms with Gasteiger partial charge in [-0.15, -0.1) is 0 Å². The van der Waals surface area contributed by atoms with Gasteiger partial charge in [-0.3, -0.25) is 4.79 Å². The Kier molecular flexibility index (Phi) is 6.42. The van der Waals surface area contributed by atoms with Crippen LogP contribution in [0.1, 0.15) is 41.6 Å². The van der Waals surface area contributed by atoms with E-state index in [1.54, 1.807) is 0 Å². The molecule has 0 aliphatic carbocycles. The van der Waals surface area contributed by atoms with E-state index in [0.717, 1.165) is 31.7 Å². The summed E-state index contributed by atoms with van der Waals surface area (Å²) in [6.07, 6.45) is 3.31. The van der Waals surface area contributed by atoms with Crippen LogP contribution in [0.3, 0.4) is 0 Å². The number of benzene rings is 1. The highest BCUT2D eigenvalue weighted by molar-refractivity contribution is 5.94. The lowest BCUT2D eigenvalue weighted by Crippen LogP contribution is -2.25. The van der Waals surface area contributed by atoms with Crippen molar-refractivity contribution in [1.29, 1.82) is 0 Å². The molecule has 0 unspecified atom stereocenters. The number of nitrogens with one attached hydrogen (secondary N) is 1. The van der Waals surface area contributed by atoms with Gasteiger partial charge in [0.05, 0.1) is 5.56 Å². The molecule has 1 aromatic rings. The second-order valence-corrected chi connectivity index (χ2v) is 4.47. The minimum Gasteiger partial charge on any atom is -0.396 e. The lowest BCUT2D eigenvalue weighted by Gasteiger charge is -2.07. The first-order chi connectivity index (χ1) is 9.06. The first-order valence-electron chi connectivity index (χ1n) is 6.41. The highest BCUT2D eigenvalue weighted by atomic mass is 19.1. The van der Waals surface area contributed by atoms with Crippen LogP contribution < -0.4 is 5.32 Å². The summed E-state index contributed by atoms with van der Waals surface area (Å²) in [5.41, 5.74) is 0.115. The number of aliphatic hydroxyl groups excluding tert-OH is 1. The Morgan fingerprint density at radius 3 is 2.53 bits per heavy atom. The normalized spacial score (nSPS) is 10.5. The van der Waals surface area contributed by atoms with Crippen molar-refractivity contribution in [3.05, 3.63) is 34.9 Å². The van der Waals surface area contributed by atoms with Gasteiger partial charge in [-0.1, -0.05) is 12.8 Å². The molecule has 19 heavy (non-hydrogen) atoms. The third-order valence-electron chi connectivity index (χ3n) is 2.86.